The van der Waals surface area contributed by atoms with Crippen molar-refractivity contribution in [3.8, 4) is 0 Å². The van der Waals surface area contributed by atoms with Crippen LogP contribution in [0.4, 0.5) is 4.39 Å². The second kappa shape index (κ2) is 10.8. The highest BCUT2D eigenvalue weighted by molar-refractivity contribution is 7.89. The van der Waals surface area contributed by atoms with Gasteiger partial charge in [0.2, 0.25) is 10.0 Å². The van der Waals surface area contributed by atoms with Crippen molar-refractivity contribution in [1.82, 2.24) is 14.7 Å². The fraction of sp³-hybridized carbons (Fsp3) is 0.231. The first-order chi connectivity index (χ1) is 16.9. The van der Waals surface area contributed by atoms with Gasteiger partial charge in [-0.05, 0) is 72.0 Å². The van der Waals surface area contributed by atoms with E-state index in [1.165, 1.54) is 19.2 Å². The van der Waals surface area contributed by atoms with Crippen molar-refractivity contribution in [3.05, 3.63) is 95.2 Å². The topological polar surface area (TPSA) is 101 Å². The lowest BCUT2D eigenvalue weighted by molar-refractivity contribution is -0.140. The van der Waals surface area contributed by atoms with E-state index in [1.54, 1.807) is 6.20 Å². The summed E-state index contributed by atoms with van der Waals surface area (Å²) in [6.45, 7) is 0.197. The van der Waals surface area contributed by atoms with E-state index >= 15 is 0 Å². The SMILES string of the molecule is COC(=O)CCc1[nH]c2ccc(CCNS(=O)(=O)c3ccc(F)cc3)cc2c1Cc1cccnc1. The lowest BCUT2D eigenvalue weighted by Crippen LogP contribution is -2.26. The van der Waals surface area contributed by atoms with Crippen LogP contribution in [0, 0.1) is 5.82 Å². The van der Waals surface area contributed by atoms with Gasteiger partial charge in [-0.3, -0.25) is 9.78 Å². The summed E-state index contributed by atoms with van der Waals surface area (Å²) in [4.78, 5) is 19.4. The normalized spacial score (nSPS) is 11.6. The number of H-pyrrole nitrogens is 1. The fourth-order valence-corrected chi connectivity index (χ4v) is 5.02. The molecule has 2 aromatic heterocycles. The van der Waals surface area contributed by atoms with Crippen molar-refractivity contribution in [1.29, 1.82) is 0 Å². The molecule has 0 fully saturated rings. The van der Waals surface area contributed by atoms with Gasteiger partial charge in [-0.2, -0.15) is 0 Å². The molecule has 0 atom stereocenters. The minimum atomic E-state index is -3.73. The number of aryl methyl sites for hydroxylation is 1. The highest BCUT2D eigenvalue weighted by Crippen LogP contribution is 2.27. The maximum atomic E-state index is 13.1. The Kier molecular flexibility index (Phi) is 7.57. The third kappa shape index (κ3) is 6.12. The van der Waals surface area contributed by atoms with E-state index in [1.807, 2.05) is 36.5 Å². The zero-order valence-corrected chi connectivity index (χ0v) is 20.1. The number of sulfonamides is 1. The van der Waals surface area contributed by atoms with Crippen LogP contribution in [0.1, 0.15) is 28.8 Å². The Morgan fingerprint density at radius 1 is 1.09 bits per heavy atom. The number of aromatic nitrogens is 2. The van der Waals surface area contributed by atoms with Crippen LogP contribution >= 0.6 is 0 Å². The van der Waals surface area contributed by atoms with Crippen LogP contribution in [0.3, 0.4) is 0 Å². The van der Waals surface area contributed by atoms with Crippen LogP contribution in [0.25, 0.3) is 10.9 Å². The summed E-state index contributed by atoms with van der Waals surface area (Å²) in [5, 5.41) is 1.02. The molecule has 182 valence electrons. The van der Waals surface area contributed by atoms with Crippen molar-refractivity contribution < 1.29 is 22.3 Å². The Morgan fingerprint density at radius 3 is 2.60 bits per heavy atom. The van der Waals surface area contributed by atoms with Crippen molar-refractivity contribution >= 4 is 26.9 Å². The van der Waals surface area contributed by atoms with Crippen molar-refractivity contribution in [2.24, 2.45) is 0 Å². The maximum Gasteiger partial charge on any atom is 0.305 e. The number of rotatable bonds is 10. The molecular weight excluding hydrogens is 469 g/mol. The summed E-state index contributed by atoms with van der Waals surface area (Å²) in [5.74, 6) is -0.762. The number of fused-ring (bicyclic) bond motifs is 1. The number of nitrogens with zero attached hydrogens (tertiary/aromatic N) is 1. The van der Waals surface area contributed by atoms with Crippen LogP contribution < -0.4 is 4.72 Å². The summed E-state index contributed by atoms with van der Waals surface area (Å²) in [5.41, 5.74) is 4.99. The van der Waals surface area contributed by atoms with Gasteiger partial charge in [0, 0.05) is 42.0 Å². The van der Waals surface area contributed by atoms with Gasteiger partial charge >= 0.3 is 5.97 Å². The van der Waals surface area contributed by atoms with Crippen LogP contribution in [-0.4, -0.2) is 38.0 Å². The zero-order valence-electron chi connectivity index (χ0n) is 19.3. The first-order valence-corrected chi connectivity index (χ1v) is 12.7. The van der Waals surface area contributed by atoms with Gasteiger partial charge in [0.15, 0.2) is 0 Å². The number of halogens is 1. The lowest BCUT2D eigenvalue weighted by Gasteiger charge is -2.08. The minimum absolute atomic E-state index is 0.0222. The van der Waals surface area contributed by atoms with Crippen molar-refractivity contribution in [2.45, 2.75) is 30.6 Å². The van der Waals surface area contributed by atoms with E-state index in [2.05, 4.69) is 14.7 Å². The fourth-order valence-electron chi connectivity index (χ4n) is 3.98. The molecular formula is C26H26FN3O4S. The Bertz CT molecular complexity index is 1420. The molecule has 2 N–H and O–H groups in total. The molecule has 2 aromatic carbocycles. The highest BCUT2D eigenvalue weighted by Gasteiger charge is 2.16. The molecule has 7 nitrogen and oxygen atoms in total. The smallest absolute Gasteiger partial charge is 0.305 e. The summed E-state index contributed by atoms with van der Waals surface area (Å²) < 4.78 is 45.4. The average molecular weight is 496 g/mol. The molecule has 0 aliphatic rings. The molecule has 0 bridgehead atoms. The van der Waals surface area contributed by atoms with Gasteiger partial charge < -0.3 is 9.72 Å². The Labute approximate surface area is 203 Å². The van der Waals surface area contributed by atoms with E-state index < -0.39 is 15.8 Å². The number of carbonyl (C=O) groups excluding carboxylic acids is 1. The van der Waals surface area contributed by atoms with Crippen LogP contribution in [0.2, 0.25) is 0 Å². The van der Waals surface area contributed by atoms with Crippen molar-refractivity contribution in [3.63, 3.8) is 0 Å². The Balaban J connectivity index is 1.55. The third-order valence-electron chi connectivity index (χ3n) is 5.80. The molecule has 0 radical (unpaired) electrons. The number of hydrogen-bond acceptors (Lipinski definition) is 5. The second-order valence-corrected chi connectivity index (χ2v) is 9.94. The Hall–Kier alpha value is -3.56. The molecule has 2 heterocycles. The van der Waals surface area contributed by atoms with E-state index in [0.717, 1.165) is 45.4 Å². The first kappa shape index (κ1) is 24.6. The monoisotopic (exact) mass is 495 g/mol. The maximum absolute atomic E-state index is 13.1. The zero-order chi connectivity index (χ0) is 24.8. The van der Waals surface area contributed by atoms with Crippen LogP contribution in [0.5, 0.6) is 0 Å². The molecule has 0 saturated carbocycles. The number of methoxy groups -OCH3 is 1. The number of carbonyl (C=O) groups is 1. The number of esters is 1. The van der Waals surface area contributed by atoms with Gasteiger partial charge in [-0.1, -0.05) is 12.1 Å². The van der Waals surface area contributed by atoms with Crippen molar-refractivity contribution in [2.75, 3.05) is 13.7 Å². The summed E-state index contributed by atoms with van der Waals surface area (Å²) in [6.07, 6.45) is 5.44. The number of ether oxygens (including phenoxy) is 1. The number of nitrogens with one attached hydrogen (secondary N) is 2. The molecule has 0 spiro atoms. The quantitative estimate of drug-likeness (QED) is 0.325. The van der Waals surface area contributed by atoms with Gasteiger partial charge in [0.1, 0.15) is 5.82 Å². The average Bonchev–Trinajstić information content (AvgIpc) is 3.20. The van der Waals surface area contributed by atoms with Crippen LogP contribution in [0.15, 0.2) is 71.9 Å². The summed E-state index contributed by atoms with van der Waals surface area (Å²) in [7, 11) is -2.35. The third-order valence-corrected chi connectivity index (χ3v) is 7.28. The highest BCUT2D eigenvalue weighted by atomic mass is 32.2. The molecule has 4 aromatic rings. The number of aromatic amines is 1. The predicted octanol–water partition coefficient (Wildman–Crippen LogP) is 3.92. The summed E-state index contributed by atoms with van der Waals surface area (Å²) >= 11 is 0. The largest absolute Gasteiger partial charge is 0.469 e. The van der Waals surface area contributed by atoms with E-state index in [9.17, 15) is 17.6 Å². The van der Waals surface area contributed by atoms with Crippen LogP contribution in [-0.2, 0) is 38.8 Å². The van der Waals surface area contributed by atoms with E-state index in [-0.39, 0.29) is 23.8 Å². The Morgan fingerprint density at radius 2 is 1.89 bits per heavy atom. The van der Waals surface area contributed by atoms with Gasteiger partial charge in [-0.15, -0.1) is 0 Å². The van der Waals surface area contributed by atoms with Gasteiger partial charge in [-0.25, -0.2) is 17.5 Å². The number of hydrogen-bond donors (Lipinski definition) is 2. The second-order valence-electron chi connectivity index (χ2n) is 8.18. The molecule has 35 heavy (non-hydrogen) atoms. The molecule has 9 heteroatoms. The van der Waals surface area contributed by atoms with E-state index in [4.69, 9.17) is 4.74 Å². The first-order valence-electron chi connectivity index (χ1n) is 11.2. The minimum Gasteiger partial charge on any atom is -0.469 e. The standard InChI is InChI=1S/C26H26FN3O4S/c1-34-26(31)11-10-25-23(16-19-3-2-13-28-17-19)22-15-18(4-9-24(22)30-25)12-14-29-35(32,33)21-7-5-20(27)6-8-21/h2-9,13,15,17,29-30H,10-12,14,16H2,1H3. The van der Waals surface area contributed by atoms with Gasteiger partial charge in [0.05, 0.1) is 18.4 Å². The summed E-state index contributed by atoms with van der Waals surface area (Å²) in [6, 6.07) is 14.6. The lowest BCUT2D eigenvalue weighted by atomic mass is 9.99. The van der Waals surface area contributed by atoms with Gasteiger partial charge in [0.25, 0.3) is 0 Å². The van der Waals surface area contributed by atoms with E-state index in [0.29, 0.717) is 19.3 Å². The molecule has 0 amide bonds. The molecule has 0 aliphatic carbocycles. The molecule has 0 aliphatic heterocycles. The number of benzene rings is 2. The molecule has 0 saturated heterocycles. The predicted molar refractivity (Wildman–Crippen MR) is 131 cm³/mol. The number of pyridine rings is 1. The molecule has 0 unspecified atom stereocenters. The molecule has 4 rings (SSSR count).